The monoisotopic (exact) mass is 577 g/mol. The van der Waals surface area contributed by atoms with Gasteiger partial charge in [0.15, 0.2) is 5.82 Å². The third-order valence-corrected chi connectivity index (χ3v) is 12.8. The Morgan fingerprint density at radius 3 is 2.39 bits per heavy atom. The van der Waals surface area contributed by atoms with Crippen molar-refractivity contribution in [2.75, 3.05) is 26.2 Å². The fourth-order valence-corrected chi connectivity index (χ4v) is 10.4. The average Bonchev–Trinajstić information content (AvgIpc) is 3.33. The van der Waals surface area contributed by atoms with Crippen LogP contribution in [0.4, 0.5) is 4.79 Å². The molecular formula is C32H47N7OS. The SMILES string of the molecule is CCC(CC(C1CN(C(=O)N2CC3(CC(c4nc(C5CC5)n[nH]4)C3)C2)C1)C12CC(C1)C2)c1nnc(CC(C)(C)C)s1. The van der Waals surface area contributed by atoms with Crippen LogP contribution in [0.5, 0.6) is 0 Å². The number of aromatic amines is 1. The number of aromatic nitrogens is 5. The Morgan fingerprint density at radius 2 is 1.78 bits per heavy atom. The maximum absolute atomic E-state index is 13.4. The van der Waals surface area contributed by atoms with E-state index in [1.54, 1.807) is 0 Å². The second kappa shape index (κ2) is 9.23. The fraction of sp³-hybridized carbons (Fsp3) is 0.844. The van der Waals surface area contributed by atoms with Crippen molar-refractivity contribution in [3.63, 3.8) is 0 Å². The van der Waals surface area contributed by atoms with Crippen molar-refractivity contribution in [2.45, 2.75) is 110 Å². The van der Waals surface area contributed by atoms with Crippen LogP contribution in [-0.4, -0.2) is 67.4 Å². The van der Waals surface area contributed by atoms with Crippen molar-refractivity contribution >= 4 is 17.4 Å². The average molecular weight is 578 g/mol. The molecule has 5 saturated carbocycles. The number of rotatable bonds is 9. The summed E-state index contributed by atoms with van der Waals surface area (Å²) in [4.78, 5) is 22.5. The molecule has 2 aliphatic heterocycles. The molecular weight excluding hydrogens is 530 g/mol. The van der Waals surface area contributed by atoms with Crippen molar-refractivity contribution < 1.29 is 4.79 Å². The van der Waals surface area contributed by atoms with Gasteiger partial charge in [-0.1, -0.05) is 27.7 Å². The van der Waals surface area contributed by atoms with E-state index in [0.717, 1.165) is 69.4 Å². The highest BCUT2D eigenvalue weighted by Crippen LogP contribution is 2.71. The quantitative estimate of drug-likeness (QED) is 0.375. The van der Waals surface area contributed by atoms with Gasteiger partial charge in [0, 0.05) is 55.8 Å². The third-order valence-electron chi connectivity index (χ3n) is 11.7. The Balaban J connectivity index is 0.853. The van der Waals surface area contributed by atoms with Crippen LogP contribution in [0.2, 0.25) is 0 Å². The molecule has 2 aromatic heterocycles. The summed E-state index contributed by atoms with van der Waals surface area (Å²) in [6.07, 6.45) is 12.4. The van der Waals surface area contributed by atoms with Gasteiger partial charge in [-0.3, -0.25) is 5.10 Å². The largest absolute Gasteiger partial charge is 0.324 e. The molecule has 8 nitrogen and oxygen atoms in total. The van der Waals surface area contributed by atoms with E-state index in [4.69, 9.17) is 10.1 Å². The topological polar surface area (TPSA) is 90.9 Å². The van der Waals surface area contributed by atoms with Gasteiger partial charge in [-0.05, 0) is 86.4 Å². The summed E-state index contributed by atoms with van der Waals surface area (Å²) in [5.74, 6) is 6.04. The van der Waals surface area contributed by atoms with E-state index in [2.05, 4.69) is 52.8 Å². The number of amides is 2. The van der Waals surface area contributed by atoms with E-state index in [1.165, 1.54) is 48.5 Å². The van der Waals surface area contributed by atoms with E-state index in [0.29, 0.717) is 40.4 Å². The summed E-state index contributed by atoms with van der Waals surface area (Å²) in [5, 5.41) is 19.4. The highest BCUT2D eigenvalue weighted by atomic mass is 32.1. The molecule has 2 saturated heterocycles. The summed E-state index contributed by atoms with van der Waals surface area (Å²) < 4.78 is 0. The number of likely N-dealkylation sites (tertiary alicyclic amines) is 2. The first-order valence-corrected chi connectivity index (χ1v) is 17.2. The van der Waals surface area contributed by atoms with Crippen LogP contribution in [-0.2, 0) is 6.42 Å². The summed E-state index contributed by atoms with van der Waals surface area (Å²) in [7, 11) is 0. The smallest absolute Gasteiger partial charge is 0.320 e. The minimum Gasteiger partial charge on any atom is -0.324 e. The van der Waals surface area contributed by atoms with Gasteiger partial charge in [0.2, 0.25) is 0 Å². The molecule has 7 fully saturated rings. The molecule has 2 amide bonds. The highest BCUT2D eigenvalue weighted by Gasteiger charge is 2.63. The first-order valence-electron chi connectivity index (χ1n) is 16.4. The zero-order chi connectivity index (χ0) is 28.1. The highest BCUT2D eigenvalue weighted by molar-refractivity contribution is 7.11. The van der Waals surface area contributed by atoms with Crippen molar-refractivity contribution in [1.82, 2.24) is 35.2 Å². The molecule has 2 unspecified atom stereocenters. The minimum absolute atomic E-state index is 0.238. The van der Waals surface area contributed by atoms with Gasteiger partial charge in [0.1, 0.15) is 15.8 Å². The molecule has 1 N–H and O–H groups in total. The predicted molar refractivity (Wildman–Crippen MR) is 159 cm³/mol. The zero-order valence-electron chi connectivity index (χ0n) is 25.4. The minimum atomic E-state index is 0.238. The Hall–Kier alpha value is -2.03. The molecule has 1 spiro atoms. The number of nitrogens with one attached hydrogen (secondary N) is 1. The van der Waals surface area contributed by atoms with Gasteiger partial charge in [-0.25, -0.2) is 9.78 Å². The second-order valence-electron chi connectivity index (χ2n) is 16.3. The number of urea groups is 1. The lowest BCUT2D eigenvalue weighted by atomic mass is 9.38. The second-order valence-corrected chi connectivity index (χ2v) is 17.4. The molecule has 222 valence electrons. The van der Waals surface area contributed by atoms with Gasteiger partial charge >= 0.3 is 6.03 Å². The van der Waals surface area contributed by atoms with Crippen molar-refractivity contribution in [3.8, 4) is 0 Å². The number of H-pyrrole nitrogens is 1. The van der Waals surface area contributed by atoms with Crippen molar-refractivity contribution in [2.24, 2.45) is 34.0 Å². The first kappa shape index (κ1) is 26.6. The molecule has 0 radical (unpaired) electrons. The number of hydrogen-bond acceptors (Lipinski definition) is 6. The molecule has 4 heterocycles. The van der Waals surface area contributed by atoms with E-state index in [9.17, 15) is 4.79 Å². The van der Waals surface area contributed by atoms with Crippen LogP contribution in [0.3, 0.4) is 0 Å². The summed E-state index contributed by atoms with van der Waals surface area (Å²) in [6, 6.07) is 0.283. The fourth-order valence-electron chi connectivity index (χ4n) is 9.10. The first-order chi connectivity index (χ1) is 19.6. The molecule has 41 heavy (non-hydrogen) atoms. The van der Waals surface area contributed by atoms with E-state index in [1.807, 2.05) is 11.3 Å². The van der Waals surface area contributed by atoms with Gasteiger partial charge in [0.25, 0.3) is 0 Å². The maximum Gasteiger partial charge on any atom is 0.320 e. The summed E-state index contributed by atoms with van der Waals surface area (Å²) in [6.45, 7) is 12.9. The zero-order valence-corrected chi connectivity index (χ0v) is 26.2. The molecule has 7 aliphatic rings. The Morgan fingerprint density at radius 1 is 1.05 bits per heavy atom. The van der Waals surface area contributed by atoms with E-state index < -0.39 is 0 Å². The number of hydrogen-bond donors (Lipinski definition) is 1. The van der Waals surface area contributed by atoms with Crippen molar-refractivity contribution in [1.29, 1.82) is 0 Å². The van der Waals surface area contributed by atoms with E-state index in [-0.39, 0.29) is 11.4 Å². The van der Waals surface area contributed by atoms with E-state index >= 15 is 0 Å². The summed E-state index contributed by atoms with van der Waals surface area (Å²) in [5.41, 5.74) is 1.12. The van der Waals surface area contributed by atoms with Gasteiger partial charge in [-0.15, -0.1) is 21.5 Å². The third kappa shape index (κ3) is 4.63. The van der Waals surface area contributed by atoms with Gasteiger partial charge in [-0.2, -0.15) is 5.10 Å². The Kier molecular flexibility index (Phi) is 5.99. The summed E-state index contributed by atoms with van der Waals surface area (Å²) >= 11 is 1.85. The number of carbonyl (C=O) groups excluding carboxylic acids is 1. The molecule has 5 aliphatic carbocycles. The molecule has 0 aromatic carbocycles. The van der Waals surface area contributed by atoms with Crippen molar-refractivity contribution in [3.05, 3.63) is 21.7 Å². The van der Waals surface area contributed by atoms with Crippen LogP contribution in [0.15, 0.2) is 0 Å². The maximum atomic E-state index is 13.4. The van der Waals surface area contributed by atoms with Crippen LogP contribution < -0.4 is 0 Å². The van der Waals surface area contributed by atoms with Crippen LogP contribution in [0.1, 0.15) is 125 Å². The van der Waals surface area contributed by atoms with Crippen LogP contribution in [0.25, 0.3) is 0 Å². The molecule has 9 heteroatoms. The van der Waals surface area contributed by atoms with Crippen LogP contribution in [0, 0.1) is 34.0 Å². The molecule has 2 atom stereocenters. The standard InChI is InChI=1S/C32H47N7OS/c1-5-20(28-37-34-25(41-28)14-30(2,3)4)8-24(32-9-19(10-32)11-32)23-15-38(16-23)29(40)39-17-31(18-39)12-22(13-31)27-33-26(35-36-27)21-6-7-21/h19-24H,5-18H2,1-4H3,(H,33,35,36). The normalized spacial score (nSPS) is 30.2. The number of carbonyl (C=O) groups is 1. The lowest BCUT2D eigenvalue weighted by Crippen LogP contribution is -2.69. The lowest BCUT2D eigenvalue weighted by Gasteiger charge is -2.69. The Bertz CT molecular complexity index is 1290. The van der Waals surface area contributed by atoms with Gasteiger partial charge < -0.3 is 9.80 Å². The lowest BCUT2D eigenvalue weighted by molar-refractivity contribution is -0.183. The van der Waals surface area contributed by atoms with Gasteiger partial charge in [0.05, 0.1) is 0 Å². The van der Waals surface area contributed by atoms with Crippen LogP contribution >= 0.6 is 11.3 Å². The molecule has 9 rings (SSSR count). The molecule has 2 aromatic rings. The molecule has 2 bridgehead atoms. The Labute approximate surface area is 248 Å². The number of nitrogens with zero attached hydrogens (tertiary/aromatic N) is 6. The predicted octanol–water partition coefficient (Wildman–Crippen LogP) is 6.35.